The van der Waals surface area contributed by atoms with Crippen molar-refractivity contribution in [3.8, 4) is 0 Å². The molecule has 24 heavy (non-hydrogen) atoms. The lowest BCUT2D eigenvalue weighted by atomic mass is 9.84. The number of nitrogens with two attached hydrogens (primary N) is 1. The third kappa shape index (κ3) is 3.48. The van der Waals surface area contributed by atoms with Crippen LogP contribution in [0.15, 0.2) is 29.4 Å². The van der Waals surface area contributed by atoms with E-state index in [0.717, 1.165) is 23.5 Å². The minimum absolute atomic E-state index is 0.628. The number of hydrogen-bond acceptors (Lipinski definition) is 4. The molecule has 1 heterocycles. The molecule has 1 aromatic carbocycles. The van der Waals surface area contributed by atoms with Gasteiger partial charge in [-0.15, -0.1) is 0 Å². The number of methoxy groups -OCH3 is 1. The number of anilines is 1. The number of allylic oxidation sites excluding steroid dienone is 1. The SMILES string of the molecule is COCCN=CC(=CN)c1ccc2c(c1)CC(C)[C@H](C1CC1)N2C. The van der Waals surface area contributed by atoms with E-state index in [0.29, 0.717) is 25.1 Å². The van der Waals surface area contributed by atoms with Crippen LogP contribution in [0.25, 0.3) is 5.57 Å². The molecular formula is C20H29N3O. The first-order valence-corrected chi connectivity index (χ1v) is 8.92. The van der Waals surface area contributed by atoms with Crippen LogP contribution in [-0.4, -0.2) is 39.6 Å². The minimum atomic E-state index is 0.628. The molecule has 1 unspecified atom stereocenters. The Morgan fingerprint density at radius 2 is 2.21 bits per heavy atom. The van der Waals surface area contributed by atoms with Gasteiger partial charge in [0.25, 0.3) is 0 Å². The zero-order valence-electron chi connectivity index (χ0n) is 15.0. The van der Waals surface area contributed by atoms with E-state index in [-0.39, 0.29) is 0 Å². The molecule has 0 bridgehead atoms. The van der Waals surface area contributed by atoms with Crippen molar-refractivity contribution in [2.45, 2.75) is 32.2 Å². The van der Waals surface area contributed by atoms with Crippen molar-refractivity contribution in [2.24, 2.45) is 22.6 Å². The van der Waals surface area contributed by atoms with Crippen LogP contribution in [0.5, 0.6) is 0 Å². The van der Waals surface area contributed by atoms with E-state index in [1.165, 1.54) is 24.1 Å². The van der Waals surface area contributed by atoms with Crippen molar-refractivity contribution in [1.29, 1.82) is 0 Å². The summed E-state index contributed by atoms with van der Waals surface area (Å²) in [7, 11) is 3.94. The first-order chi connectivity index (χ1) is 11.7. The van der Waals surface area contributed by atoms with Crippen LogP contribution in [0.2, 0.25) is 0 Å². The summed E-state index contributed by atoms with van der Waals surface area (Å²) in [5.74, 6) is 1.59. The van der Waals surface area contributed by atoms with Gasteiger partial charge in [-0.2, -0.15) is 0 Å². The van der Waals surface area contributed by atoms with E-state index in [1.807, 2.05) is 6.21 Å². The smallest absolute Gasteiger partial charge is 0.0658 e. The second-order valence-electron chi connectivity index (χ2n) is 7.11. The molecule has 1 aromatic rings. The Balaban J connectivity index is 1.81. The summed E-state index contributed by atoms with van der Waals surface area (Å²) in [4.78, 5) is 6.89. The number of fused-ring (bicyclic) bond motifs is 1. The van der Waals surface area contributed by atoms with Crippen LogP contribution in [0.4, 0.5) is 5.69 Å². The molecule has 0 radical (unpaired) electrons. The quantitative estimate of drug-likeness (QED) is 0.645. The average molecular weight is 327 g/mol. The van der Waals surface area contributed by atoms with E-state index in [2.05, 4.69) is 42.1 Å². The lowest BCUT2D eigenvalue weighted by Crippen LogP contribution is -2.43. The second kappa shape index (κ2) is 7.39. The van der Waals surface area contributed by atoms with Crippen molar-refractivity contribution in [3.05, 3.63) is 35.5 Å². The van der Waals surface area contributed by atoms with E-state index < -0.39 is 0 Å². The van der Waals surface area contributed by atoms with Crippen molar-refractivity contribution in [1.82, 2.24) is 0 Å². The van der Waals surface area contributed by atoms with Gasteiger partial charge in [0.05, 0.1) is 13.2 Å². The molecule has 0 amide bonds. The average Bonchev–Trinajstić information content (AvgIpc) is 3.39. The summed E-state index contributed by atoms with van der Waals surface area (Å²) >= 11 is 0. The van der Waals surface area contributed by atoms with Crippen molar-refractivity contribution in [2.75, 3.05) is 32.2 Å². The van der Waals surface area contributed by atoms with Crippen LogP contribution in [0, 0.1) is 11.8 Å². The molecule has 1 aliphatic heterocycles. The summed E-state index contributed by atoms with van der Waals surface area (Å²) in [6.07, 6.45) is 7.42. The van der Waals surface area contributed by atoms with Gasteiger partial charge in [0.2, 0.25) is 0 Å². The van der Waals surface area contributed by atoms with Gasteiger partial charge in [-0.05, 0) is 54.4 Å². The molecule has 2 atom stereocenters. The minimum Gasteiger partial charge on any atom is -0.404 e. The van der Waals surface area contributed by atoms with Gasteiger partial charge in [0, 0.05) is 43.9 Å². The molecule has 2 aliphatic rings. The maximum atomic E-state index is 5.83. The maximum Gasteiger partial charge on any atom is 0.0658 e. The third-order valence-electron chi connectivity index (χ3n) is 5.30. The number of hydrogen-bond donors (Lipinski definition) is 1. The number of aliphatic imine (C=N–C) groups is 1. The predicted molar refractivity (Wildman–Crippen MR) is 102 cm³/mol. The molecule has 1 fully saturated rings. The summed E-state index contributed by atoms with van der Waals surface area (Å²) in [6, 6.07) is 7.39. The Morgan fingerprint density at radius 3 is 2.88 bits per heavy atom. The molecular weight excluding hydrogens is 298 g/mol. The van der Waals surface area contributed by atoms with Gasteiger partial charge in [-0.1, -0.05) is 13.0 Å². The highest BCUT2D eigenvalue weighted by atomic mass is 16.5. The fourth-order valence-corrected chi connectivity index (χ4v) is 4.02. The van der Waals surface area contributed by atoms with Crippen LogP contribution in [0.3, 0.4) is 0 Å². The van der Waals surface area contributed by atoms with Crippen LogP contribution in [0.1, 0.15) is 30.9 Å². The highest BCUT2D eigenvalue weighted by Crippen LogP contribution is 2.44. The van der Waals surface area contributed by atoms with E-state index in [9.17, 15) is 0 Å². The first kappa shape index (κ1) is 17.0. The van der Waals surface area contributed by atoms with Crippen LogP contribution in [-0.2, 0) is 11.2 Å². The molecule has 3 rings (SSSR count). The van der Waals surface area contributed by atoms with E-state index in [4.69, 9.17) is 10.5 Å². The van der Waals surface area contributed by atoms with E-state index in [1.54, 1.807) is 13.3 Å². The zero-order chi connectivity index (χ0) is 17.1. The van der Waals surface area contributed by atoms with Gasteiger partial charge >= 0.3 is 0 Å². The van der Waals surface area contributed by atoms with Gasteiger partial charge in [0.15, 0.2) is 0 Å². The summed E-state index contributed by atoms with van der Waals surface area (Å²) in [5.41, 5.74) is 10.7. The number of rotatable bonds is 6. The molecule has 0 aromatic heterocycles. The monoisotopic (exact) mass is 327 g/mol. The Morgan fingerprint density at radius 1 is 1.42 bits per heavy atom. The number of ether oxygens (including phenoxy) is 1. The Labute approximate surface area is 145 Å². The van der Waals surface area contributed by atoms with Crippen LogP contribution >= 0.6 is 0 Å². The molecule has 1 aliphatic carbocycles. The predicted octanol–water partition coefficient (Wildman–Crippen LogP) is 3.11. The van der Waals surface area contributed by atoms with Crippen molar-refractivity contribution >= 4 is 17.5 Å². The zero-order valence-corrected chi connectivity index (χ0v) is 15.0. The molecule has 4 nitrogen and oxygen atoms in total. The highest BCUT2D eigenvalue weighted by molar-refractivity contribution is 6.09. The molecule has 130 valence electrons. The first-order valence-electron chi connectivity index (χ1n) is 8.92. The van der Waals surface area contributed by atoms with Gasteiger partial charge in [-0.3, -0.25) is 4.99 Å². The number of nitrogens with zero attached hydrogens (tertiary/aromatic N) is 2. The molecule has 4 heteroatoms. The topological polar surface area (TPSA) is 50.9 Å². The maximum absolute atomic E-state index is 5.83. The van der Waals surface area contributed by atoms with Gasteiger partial charge in [0.1, 0.15) is 0 Å². The summed E-state index contributed by atoms with van der Waals surface area (Å²) in [5, 5.41) is 0. The third-order valence-corrected chi connectivity index (χ3v) is 5.30. The fourth-order valence-electron chi connectivity index (χ4n) is 4.02. The Kier molecular flexibility index (Phi) is 5.24. The highest BCUT2D eigenvalue weighted by Gasteiger charge is 2.40. The second-order valence-corrected chi connectivity index (χ2v) is 7.11. The van der Waals surface area contributed by atoms with Crippen molar-refractivity contribution in [3.63, 3.8) is 0 Å². The summed E-state index contributed by atoms with van der Waals surface area (Å²) in [6.45, 7) is 3.67. The Bertz CT molecular complexity index is 634. The lowest BCUT2D eigenvalue weighted by molar-refractivity contribution is 0.208. The van der Waals surface area contributed by atoms with Crippen LogP contribution < -0.4 is 10.6 Å². The Hall–Kier alpha value is -1.81. The van der Waals surface area contributed by atoms with Crippen molar-refractivity contribution < 1.29 is 4.74 Å². The van der Waals surface area contributed by atoms with Gasteiger partial charge < -0.3 is 15.4 Å². The summed E-state index contributed by atoms with van der Waals surface area (Å²) < 4.78 is 5.03. The molecule has 0 saturated heterocycles. The lowest BCUT2D eigenvalue weighted by Gasteiger charge is -2.41. The number of benzene rings is 1. The standard InChI is InChI=1S/C20H29N3O/c1-14-10-17-11-16(18(12-21)13-22-8-9-24-3)6-7-19(17)23(2)20(14)15-4-5-15/h6-7,11-15,20H,4-5,8-10,21H2,1-3H3/t14?,20-/m1/s1. The van der Waals surface area contributed by atoms with Gasteiger partial charge in [-0.25, -0.2) is 0 Å². The largest absolute Gasteiger partial charge is 0.404 e. The normalized spacial score (nSPS) is 24.5. The fraction of sp³-hybridized carbons (Fsp3) is 0.550. The van der Waals surface area contributed by atoms with E-state index >= 15 is 0 Å². The molecule has 2 N–H and O–H groups in total. The molecule has 0 spiro atoms. The molecule has 1 saturated carbocycles.